The minimum absolute atomic E-state index is 0.0822. The first kappa shape index (κ1) is 22.1. The van der Waals surface area contributed by atoms with Crippen molar-refractivity contribution in [1.29, 1.82) is 0 Å². The Bertz CT molecular complexity index is 1050. The zero-order valence-corrected chi connectivity index (χ0v) is 17.8. The molecule has 0 radical (unpaired) electrons. The van der Waals surface area contributed by atoms with E-state index in [1.807, 2.05) is 19.1 Å². The molecule has 1 aliphatic rings. The summed E-state index contributed by atoms with van der Waals surface area (Å²) in [5.41, 5.74) is 3.92. The molecule has 7 heteroatoms. The highest BCUT2D eigenvalue weighted by Crippen LogP contribution is 2.40. The molecule has 1 N–H and O–H groups in total. The number of hydrogen-bond acceptors (Lipinski definition) is 3. The molecule has 0 saturated heterocycles. The van der Waals surface area contributed by atoms with Gasteiger partial charge in [-0.15, -0.1) is 0 Å². The highest BCUT2D eigenvalue weighted by atomic mass is 19.4. The van der Waals surface area contributed by atoms with Crippen LogP contribution in [0.4, 0.5) is 13.2 Å². The average Bonchev–Trinajstić information content (AvgIpc) is 3.52. The first-order chi connectivity index (χ1) is 15.3. The summed E-state index contributed by atoms with van der Waals surface area (Å²) >= 11 is 0. The zero-order valence-electron chi connectivity index (χ0n) is 17.8. The minimum Gasteiger partial charge on any atom is -0.484 e. The number of imidazole rings is 1. The third-order valence-corrected chi connectivity index (χ3v) is 5.64. The number of benzene rings is 2. The molecule has 32 heavy (non-hydrogen) atoms. The van der Waals surface area contributed by atoms with Gasteiger partial charge in [0.2, 0.25) is 0 Å². The van der Waals surface area contributed by atoms with Crippen molar-refractivity contribution in [1.82, 2.24) is 9.97 Å². The Labute approximate surface area is 184 Å². The van der Waals surface area contributed by atoms with E-state index in [1.54, 1.807) is 18.3 Å². The van der Waals surface area contributed by atoms with Gasteiger partial charge < -0.3 is 9.72 Å². The highest BCUT2D eigenvalue weighted by Gasteiger charge is 2.28. The lowest BCUT2D eigenvalue weighted by molar-refractivity contribution is -0.153. The summed E-state index contributed by atoms with van der Waals surface area (Å²) in [7, 11) is 0. The van der Waals surface area contributed by atoms with Crippen LogP contribution in [0.25, 0.3) is 0 Å². The number of ketones is 1. The van der Waals surface area contributed by atoms with E-state index in [2.05, 4.69) is 22.1 Å². The quantitative estimate of drug-likeness (QED) is 0.451. The van der Waals surface area contributed by atoms with Crippen LogP contribution >= 0.6 is 0 Å². The Morgan fingerprint density at radius 3 is 2.38 bits per heavy atom. The predicted molar refractivity (Wildman–Crippen MR) is 115 cm³/mol. The topological polar surface area (TPSA) is 55.0 Å². The third kappa shape index (κ3) is 5.99. The molecule has 0 spiro atoms. The number of carbonyl (C=O) groups excluding carboxylic acids is 1. The van der Waals surface area contributed by atoms with Gasteiger partial charge in [-0.05, 0) is 54.5 Å². The number of hydrogen-bond donors (Lipinski definition) is 1. The number of rotatable bonds is 9. The molecule has 1 saturated carbocycles. The summed E-state index contributed by atoms with van der Waals surface area (Å²) in [5, 5.41) is 0. The molecule has 0 bridgehead atoms. The van der Waals surface area contributed by atoms with Gasteiger partial charge in [0.1, 0.15) is 17.4 Å². The SMILES string of the molecule is Cc1ncc(C(CC(=O)Cc2ccc(C3CC3)cc2)c2ccc(OCC(F)(F)F)cc2)[nH]1. The molecular weight excluding hydrogens is 417 g/mol. The first-order valence-electron chi connectivity index (χ1n) is 10.7. The lowest BCUT2D eigenvalue weighted by atomic mass is 9.89. The maximum absolute atomic E-state index is 12.9. The third-order valence-electron chi connectivity index (χ3n) is 5.64. The lowest BCUT2D eigenvalue weighted by Crippen LogP contribution is -2.19. The van der Waals surface area contributed by atoms with Gasteiger partial charge in [-0.25, -0.2) is 4.98 Å². The van der Waals surface area contributed by atoms with Crippen molar-refractivity contribution in [3.05, 3.63) is 82.9 Å². The lowest BCUT2D eigenvalue weighted by Gasteiger charge is -2.16. The predicted octanol–water partition coefficient (Wildman–Crippen LogP) is 5.87. The number of nitrogens with one attached hydrogen (secondary N) is 1. The Morgan fingerprint density at radius 1 is 1.12 bits per heavy atom. The Hall–Kier alpha value is -3.09. The maximum Gasteiger partial charge on any atom is 0.422 e. The van der Waals surface area contributed by atoms with Crippen molar-refractivity contribution in [2.75, 3.05) is 6.61 Å². The molecule has 0 aliphatic heterocycles. The van der Waals surface area contributed by atoms with Crippen LogP contribution in [0.3, 0.4) is 0 Å². The van der Waals surface area contributed by atoms with Crippen LogP contribution in [0, 0.1) is 6.92 Å². The van der Waals surface area contributed by atoms with Crippen LogP contribution in [0.5, 0.6) is 5.75 Å². The summed E-state index contributed by atoms with van der Waals surface area (Å²) in [4.78, 5) is 20.3. The number of aromatic nitrogens is 2. The molecule has 4 rings (SSSR count). The van der Waals surface area contributed by atoms with Gasteiger partial charge in [0, 0.05) is 30.7 Å². The van der Waals surface area contributed by atoms with Gasteiger partial charge in [0.15, 0.2) is 6.61 Å². The van der Waals surface area contributed by atoms with E-state index in [1.165, 1.54) is 30.5 Å². The average molecular weight is 442 g/mol. The van der Waals surface area contributed by atoms with Gasteiger partial charge in [-0.1, -0.05) is 36.4 Å². The fourth-order valence-electron chi connectivity index (χ4n) is 3.84. The number of aryl methyl sites for hydroxylation is 1. The fourth-order valence-corrected chi connectivity index (χ4v) is 3.84. The van der Waals surface area contributed by atoms with Crippen LogP contribution in [0.15, 0.2) is 54.7 Å². The van der Waals surface area contributed by atoms with Crippen LogP contribution < -0.4 is 4.74 Å². The number of carbonyl (C=O) groups is 1. The molecule has 2 aromatic carbocycles. The number of Topliss-reactive ketones (excluding diaryl/α,β-unsaturated/α-hetero) is 1. The molecule has 1 aliphatic carbocycles. The van der Waals surface area contributed by atoms with E-state index in [9.17, 15) is 18.0 Å². The molecule has 0 amide bonds. The molecule has 1 atom stereocenters. The van der Waals surface area contributed by atoms with E-state index in [0.717, 1.165) is 22.6 Å². The van der Waals surface area contributed by atoms with Crippen LogP contribution in [0.2, 0.25) is 0 Å². The molecule has 3 aromatic rings. The largest absolute Gasteiger partial charge is 0.484 e. The fraction of sp³-hybridized carbons (Fsp3) is 0.360. The van der Waals surface area contributed by atoms with E-state index in [4.69, 9.17) is 4.74 Å². The van der Waals surface area contributed by atoms with Crippen LogP contribution in [-0.2, 0) is 11.2 Å². The number of nitrogens with zero attached hydrogens (tertiary/aromatic N) is 1. The molecule has 4 nitrogen and oxygen atoms in total. The molecule has 1 heterocycles. The van der Waals surface area contributed by atoms with Crippen molar-refractivity contribution in [3.8, 4) is 5.75 Å². The minimum atomic E-state index is -4.39. The van der Waals surface area contributed by atoms with E-state index in [0.29, 0.717) is 12.3 Å². The molecule has 168 valence electrons. The smallest absolute Gasteiger partial charge is 0.422 e. The molecule has 1 aromatic heterocycles. The Morgan fingerprint density at radius 2 is 1.81 bits per heavy atom. The summed E-state index contributed by atoms with van der Waals surface area (Å²) in [6, 6.07) is 14.7. The van der Waals surface area contributed by atoms with Gasteiger partial charge in [0.05, 0.1) is 0 Å². The van der Waals surface area contributed by atoms with Gasteiger partial charge in [-0.3, -0.25) is 4.79 Å². The van der Waals surface area contributed by atoms with Crippen molar-refractivity contribution < 1.29 is 22.7 Å². The number of H-pyrrole nitrogens is 1. The summed E-state index contributed by atoms with van der Waals surface area (Å²) in [6.07, 6.45) is 0.382. The van der Waals surface area contributed by atoms with E-state index < -0.39 is 12.8 Å². The maximum atomic E-state index is 12.9. The van der Waals surface area contributed by atoms with Crippen molar-refractivity contribution >= 4 is 5.78 Å². The Balaban J connectivity index is 1.46. The Kier molecular flexibility index (Phi) is 6.35. The van der Waals surface area contributed by atoms with Crippen LogP contribution in [-0.4, -0.2) is 28.5 Å². The summed E-state index contributed by atoms with van der Waals surface area (Å²) in [6.45, 7) is 0.491. The van der Waals surface area contributed by atoms with E-state index in [-0.39, 0.29) is 23.9 Å². The first-order valence-corrected chi connectivity index (χ1v) is 10.7. The number of alkyl halides is 3. The van der Waals surface area contributed by atoms with Crippen LogP contribution in [0.1, 0.15) is 59.3 Å². The molecular formula is C25H25F3N2O2. The van der Waals surface area contributed by atoms with Gasteiger partial charge in [0.25, 0.3) is 0 Å². The zero-order chi connectivity index (χ0) is 22.7. The number of ether oxygens (including phenoxy) is 1. The van der Waals surface area contributed by atoms with Crippen molar-refractivity contribution in [2.45, 2.75) is 50.6 Å². The number of halogens is 3. The van der Waals surface area contributed by atoms with Gasteiger partial charge in [-0.2, -0.15) is 13.2 Å². The summed E-state index contributed by atoms with van der Waals surface area (Å²) in [5.74, 6) is 1.35. The monoisotopic (exact) mass is 442 g/mol. The second kappa shape index (κ2) is 9.18. The second-order valence-electron chi connectivity index (χ2n) is 8.38. The summed E-state index contributed by atoms with van der Waals surface area (Å²) < 4.78 is 42.0. The van der Waals surface area contributed by atoms with Crippen molar-refractivity contribution in [3.63, 3.8) is 0 Å². The second-order valence-corrected chi connectivity index (χ2v) is 8.38. The standard InChI is InChI=1S/C25H25F3N2O2/c1-16-29-14-24(30-16)23(20-8-10-22(11-9-20)32-15-25(26,27)28)13-21(31)12-17-2-4-18(5-3-17)19-6-7-19/h2-5,8-11,14,19,23H,6-7,12-13,15H2,1H3,(H,29,30). The normalized spacial score (nSPS) is 14.9. The highest BCUT2D eigenvalue weighted by molar-refractivity contribution is 5.82. The van der Waals surface area contributed by atoms with Crippen molar-refractivity contribution in [2.24, 2.45) is 0 Å². The van der Waals surface area contributed by atoms with Gasteiger partial charge >= 0.3 is 6.18 Å². The molecule has 1 fully saturated rings. The van der Waals surface area contributed by atoms with E-state index >= 15 is 0 Å². The molecule has 1 unspecified atom stereocenters. The number of aromatic amines is 1.